The van der Waals surface area contributed by atoms with Gasteiger partial charge in [0.05, 0.1) is 0 Å². The van der Waals surface area contributed by atoms with Crippen LogP contribution in [0, 0.1) is 0 Å². The molecule has 4 heteroatoms. The first kappa shape index (κ1) is 18.7. The Bertz CT molecular complexity index is 753. The molecule has 0 saturated heterocycles. The van der Waals surface area contributed by atoms with Crippen molar-refractivity contribution in [2.24, 2.45) is 0 Å². The third-order valence-electron chi connectivity index (χ3n) is 4.21. The summed E-state index contributed by atoms with van der Waals surface area (Å²) in [7, 11) is 0. The Kier molecular flexibility index (Phi) is 6.34. The number of carbonyl (C=O) groups is 2. The summed E-state index contributed by atoms with van der Waals surface area (Å²) in [5, 5.41) is 5.87. The Morgan fingerprint density at radius 1 is 0.920 bits per heavy atom. The Morgan fingerprint density at radius 2 is 1.56 bits per heavy atom. The van der Waals surface area contributed by atoms with Gasteiger partial charge < -0.3 is 10.6 Å². The molecule has 0 fully saturated rings. The summed E-state index contributed by atoms with van der Waals surface area (Å²) in [5.74, 6) is -0.0676. The Hall–Kier alpha value is -2.62. The van der Waals surface area contributed by atoms with E-state index in [1.54, 1.807) is 24.3 Å². The number of anilines is 1. The molecule has 1 atom stereocenters. The van der Waals surface area contributed by atoms with Crippen molar-refractivity contribution in [3.8, 4) is 0 Å². The highest BCUT2D eigenvalue weighted by molar-refractivity contribution is 6.06. The van der Waals surface area contributed by atoms with Crippen molar-refractivity contribution in [2.45, 2.75) is 46.1 Å². The molecule has 4 nitrogen and oxygen atoms in total. The Labute approximate surface area is 149 Å². The topological polar surface area (TPSA) is 58.2 Å². The van der Waals surface area contributed by atoms with Crippen LogP contribution in [-0.4, -0.2) is 17.9 Å². The van der Waals surface area contributed by atoms with Gasteiger partial charge in [-0.1, -0.05) is 45.0 Å². The first-order chi connectivity index (χ1) is 11.9. The normalized spacial score (nSPS) is 11.9. The number of amides is 2. The lowest BCUT2D eigenvalue weighted by molar-refractivity contribution is 0.0939. The molecule has 25 heavy (non-hydrogen) atoms. The molecule has 0 aliphatic heterocycles. The standard InChI is InChI=1S/C21H26N2O2/c1-5-15(4)22-20(24)16-9-8-10-17(13-16)21(25)23-19-12-7-6-11-18(19)14(2)3/h6-15H,5H2,1-4H3,(H,22,24)(H,23,25). The lowest BCUT2D eigenvalue weighted by Gasteiger charge is -2.14. The van der Waals surface area contributed by atoms with Gasteiger partial charge in [0, 0.05) is 22.9 Å². The fourth-order valence-electron chi connectivity index (χ4n) is 2.52. The summed E-state index contributed by atoms with van der Waals surface area (Å²) in [4.78, 5) is 24.8. The molecule has 2 aromatic carbocycles. The Balaban J connectivity index is 2.18. The van der Waals surface area contributed by atoms with E-state index in [2.05, 4.69) is 24.5 Å². The second-order valence-electron chi connectivity index (χ2n) is 6.56. The highest BCUT2D eigenvalue weighted by Gasteiger charge is 2.14. The summed E-state index contributed by atoms with van der Waals surface area (Å²) in [6, 6.07) is 14.7. The van der Waals surface area contributed by atoms with Gasteiger partial charge in [0.2, 0.25) is 0 Å². The van der Waals surface area contributed by atoms with Crippen molar-refractivity contribution in [3.05, 3.63) is 65.2 Å². The number of hydrogen-bond acceptors (Lipinski definition) is 2. The number of para-hydroxylation sites is 1. The van der Waals surface area contributed by atoms with Crippen molar-refractivity contribution >= 4 is 17.5 Å². The predicted molar refractivity (Wildman–Crippen MR) is 102 cm³/mol. The molecule has 2 aromatic rings. The number of hydrogen-bond donors (Lipinski definition) is 2. The number of rotatable bonds is 6. The smallest absolute Gasteiger partial charge is 0.255 e. The molecular weight excluding hydrogens is 312 g/mol. The number of carbonyl (C=O) groups excluding carboxylic acids is 2. The second kappa shape index (κ2) is 8.47. The quantitative estimate of drug-likeness (QED) is 0.809. The first-order valence-corrected chi connectivity index (χ1v) is 8.73. The van der Waals surface area contributed by atoms with E-state index in [1.165, 1.54) is 0 Å². The molecule has 2 N–H and O–H groups in total. The number of benzene rings is 2. The van der Waals surface area contributed by atoms with Crippen LogP contribution in [0.15, 0.2) is 48.5 Å². The van der Waals surface area contributed by atoms with Gasteiger partial charge >= 0.3 is 0 Å². The van der Waals surface area contributed by atoms with E-state index in [1.807, 2.05) is 38.1 Å². The first-order valence-electron chi connectivity index (χ1n) is 8.73. The van der Waals surface area contributed by atoms with Crippen LogP contribution < -0.4 is 10.6 Å². The van der Waals surface area contributed by atoms with Gasteiger partial charge in [-0.25, -0.2) is 0 Å². The molecular formula is C21H26N2O2. The summed E-state index contributed by atoms with van der Waals surface area (Å²) < 4.78 is 0. The highest BCUT2D eigenvalue weighted by Crippen LogP contribution is 2.24. The van der Waals surface area contributed by atoms with E-state index in [0.29, 0.717) is 17.0 Å². The molecule has 0 saturated carbocycles. The lowest BCUT2D eigenvalue weighted by atomic mass is 10.0. The molecule has 0 aromatic heterocycles. The van der Waals surface area contributed by atoms with E-state index in [9.17, 15) is 9.59 Å². The second-order valence-corrected chi connectivity index (χ2v) is 6.56. The van der Waals surface area contributed by atoms with Crippen molar-refractivity contribution in [2.75, 3.05) is 5.32 Å². The molecule has 0 spiro atoms. The fraction of sp³-hybridized carbons (Fsp3) is 0.333. The summed E-state index contributed by atoms with van der Waals surface area (Å²) in [5.41, 5.74) is 2.85. The largest absolute Gasteiger partial charge is 0.350 e. The molecule has 0 heterocycles. The van der Waals surface area contributed by atoms with Gasteiger partial charge in [-0.3, -0.25) is 9.59 Å². The van der Waals surface area contributed by atoms with Crippen molar-refractivity contribution < 1.29 is 9.59 Å². The van der Waals surface area contributed by atoms with Gasteiger partial charge in [0.15, 0.2) is 0 Å². The maximum atomic E-state index is 12.6. The molecule has 2 amide bonds. The summed E-state index contributed by atoms with van der Waals surface area (Å²) in [6.45, 7) is 8.15. The van der Waals surface area contributed by atoms with Crippen LogP contribution in [0.5, 0.6) is 0 Å². The van der Waals surface area contributed by atoms with Crippen molar-refractivity contribution in [1.82, 2.24) is 5.32 Å². The van der Waals surface area contributed by atoms with Crippen LogP contribution in [0.25, 0.3) is 0 Å². The third-order valence-corrected chi connectivity index (χ3v) is 4.21. The molecule has 132 valence electrons. The van der Waals surface area contributed by atoms with Gasteiger partial charge in [0.1, 0.15) is 0 Å². The minimum absolute atomic E-state index is 0.0999. The van der Waals surface area contributed by atoms with Crippen LogP contribution in [-0.2, 0) is 0 Å². The van der Waals surface area contributed by atoms with E-state index < -0.39 is 0 Å². The van der Waals surface area contributed by atoms with Crippen LogP contribution in [0.1, 0.15) is 66.3 Å². The predicted octanol–water partition coefficient (Wildman–Crippen LogP) is 4.59. The average Bonchev–Trinajstić information content (AvgIpc) is 2.61. The maximum Gasteiger partial charge on any atom is 0.255 e. The fourth-order valence-corrected chi connectivity index (χ4v) is 2.52. The maximum absolute atomic E-state index is 12.6. The average molecular weight is 338 g/mol. The highest BCUT2D eigenvalue weighted by atomic mass is 16.2. The van der Waals surface area contributed by atoms with E-state index in [-0.39, 0.29) is 17.9 Å². The zero-order valence-electron chi connectivity index (χ0n) is 15.3. The van der Waals surface area contributed by atoms with E-state index in [0.717, 1.165) is 17.7 Å². The van der Waals surface area contributed by atoms with Crippen LogP contribution in [0.3, 0.4) is 0 Å². The van der Waals surface area contributed by atoms with Crippen LogP contribution in [0.4, 0.5) is 5.69 Å². The third kappa shape index (κ3) is 4.92. The molecule has 0 aliphatic rings. The van der Waals surface area contributed by atoms with Gasteiger partial charge in [-0.15, -0.1) is 0 Å². The van der Waals surface area contributed by atoms with Crippen molar-refractivity contribution in [3.63, 3.8) is 0 Å². The van der Waals surface area contributed by atoms with Gasteiger partial charge in [0.25, 0.3) is 11.8 Å². The van der Waals surface area contributed by atoms with Crippen LogP contribution >= 0.6 is 0 Å². The van der Waals surface area contributed by atoms with Crippen LogP contribution in [0.2, 0.25) is 0 Å². The minimum atomic E-state index is -0.216. The molecule has 1 unspecified atom stereocenters. The van der Waals surface area contributed by atoms with Gasteiger partial charge in [-0.05, 0) is 49.1 Å². The molecule has 0 bridgehead atoms. The molecule has 0 aliphatic carbocycles. The SMILES string of the molecule is CCC(C)NC(=O)c1cccc(C(=O)Nc2ccccc2C(C)C)c1. The zero-order chi connectivity index (χ0) is 18.4. The van der Waals surface area contributed by atoms with E-state index in [4.69, 9.17) is 0 Å². The summed E-state index contributed by atoms with van der Waals surface area (Å²) in [6.07, 6.45) is 0.859. The lowest BCUT2D eigenvalue weighted by Crippen LogP contribution is -2.32. The number of nitrogens with one attached hydrogen (secondary N) is 2. The van der Waals surface area contributed by atoms with E-state index >= 15 is 0 Å². The minimum Gasteiger partial charge on any atom is -0.350 e. The Morgan fingerprint density at radius 3 is 2.20 bits per heavy atom. The molecule has 0 radical (unpaired) electrons. The molecule has 2 rings (SSSR count). The van der Waals surface area contributed by atoms with Crippen molar-refractivity contribution in [1.29, 1.82) is 0 Å². The van der Waals surface area contributed by atoms with Gasteiger partial charge in [-0.2, -0.15) is 0 Å². The summed E-state index contributed by atoms with van der Waals surface area (Å²) >= 11 is 0. The zero-order valence-corrected chi connectivity index (χ0v) is 15.3. The monoisotopic (exact) mass is 338 g/mol.